The zero-order valence-corrected chi connectivity index (χ0v) is 12.3. The van der Waals surface area contributed by atoms with Crippen LogP contribution in [0.3, 0.4) is 0 Å². The molecule has 1 aromatic carbocycles. The number of nitro benzene ring substituents is 1. The number of nitrogens with zero attached hydrogens (tertiary/aromatic N) is 3. The van der Waals surface area contributed by atoms with Gasteiger partial charge in [-0.05, 0) is 18.7 Å². The van der Waals surface area contributed by atoms with Crippen molar-refractivity contribution in [3.8, 4) is 5.75 Å². The van der Waals surface area contributed by atoms with Gasteiger partial charge >= 0.3 is 5.69 Å². The Labute approximate surface area is 124 Å². The molecule has 0 aromatic heterocycles. The summed E-state index contributed by atoms with van der Waals surface area (Å²) >= 11 is 0. The number of likely N-dealkylation sites (N-methyl/N-ethyl adjacent to an activating group) is 1. The molecule has 21 heavy (non-hydrogen) atoms. The van der Waals surface area contributed by atoms with Gasteiger partial charge in [0.1, 0.15) is 6.61 Å². The number of rotatable bonds is 6. The van der Waals surface area contributed by atoms with E-state index in [1.54, 1.807) is 12.1 Å². The first-order valence-corrected chi connectivity index (χ1v) is 7.11. The Hall–Kier alpha value is -1.70. The number of nitrogens with two attached hydrogens (primary N) is 1. The van der Waals surface area contributed by atoms with Crippen LogP contribution in [-0.4, -0.2) is 61.1 Å². The van der Waals surface area contributed by atoms with E-state index >= 15 is 0 Å². The molecule has 0 bridgehead atoms. The fourth-order valence-corrected chi connectivity index (χ4v) is 2.31. The third-order valence-corrected chi connectivity index (χ3v) is 3.72. The van der Waals surface area contributed by atoms with Crippen molar-refractivity contribution in [2.45, 2.75) is 6.54 Å². The van der Waals surface area contributed by atoms with Gasteiger partial charge in [0, 0.05) is 45.3 Å². The van der Waals surface area contributed by atoms with Gasteiger partial charge in [0.15, 0.2) is 5.75 Å². The summed E-state index contributed by atoms with van der Waals surface area (Å²) in [6, 6.07) is 4.87. The molecule has 7 heteroatoms. The molecule has 2 N–H and O–H groups in total. The lowest BCUT2D eigenvalue weighted by molar-refractivity contribution is -0.385. The van der Waals surface area contributed by atoms with Crippen molar-refractivity contribution >= 4 is 5.69 Å². The quantitative estimate of drug-likeness (QED) is 0.613. The van der Waals surface area contributed by atoms with Gasteiger partial charge in [-0.15, -0.1) is 0 Å². The van der Waals surface area contributed by atoms with Crippen LogP contribution in [0.25, 0.3) is 0 Å². The molecule has 1 aliphatic heterocycles. The molecule has 1 saturated heterocycles. The van der Waals surface area contributed by atoms with Crippen molar-refractivity contribution in [3.05, 3.63) is 33.9 Å². The van der Waals surface area contributed by atoms with Gasteiger partial charge in [0.2, 0.25) is 0 Å². The summed E-state index contributed by atoms with van der Waals surface area (Å²) in [6.07, 6.45) is 0. The molecule has 0 amide bonds. The van der Waals surface area contributed by atoms with Crippen molar-refractivity contribution in [1.82, 2.24) is 9.80 Å². The van der Waals surface area contributed by atoms with Crippen molar-refractivity contribution < 1.29 is 9.66 Å². The van der Waals surface area contributed by atoms with Gasteiger partial charge in [-0.3, -0.25) is 15.0 Å². The van der Waals surface area contributed by atoms with Gasteiger partial charge in [-0.25, -0.2) is 0 Å². The fraction of sp³-hybridized carbons (Fsp3) is 0.571. The maximum Gasteiger partial charge on any atom is 0.311 e. The van der Waals surface area contributed by atoms with Crippen LogP contribution in [0.1, 0.15) is 5.56 Å². The first-order valence-electron chi connectivity index (χ1n) is 7.11. The molecule has 0 atom stereocenters. The first-order chi connectivity index (χ1) is 10.1. The van der Waals surface area contributed by atoms with Gasteiger partial charge in [-0.1, -0.05) is 6.07 Å². The molecular weight excluding hydrogens is 272 g/mol. The summed E-state index contributed by atoms with van der Waals surface area (Å²) in [5.41, 5.74) is 6.22. The van der Waals surface area contributed by atoms with Crippen LogP contribution < -0.4 is 10.5 Å². The van der Waals surface area contributed by atoms with Crippen LogP contribution in [0.2, 0.25) is 0 Å². The van der Waals surface area contributed by atoms with Crippen LogP contribution in [0.15, 0.2) is 18.2 Å². The molecule has 1 fully saturated rings. The Kier molecular flexibility index (Phi) is 5.49. The van der Waals surface area contributed by atoms with Gasteiger partial charge in [0.05, 0.1) is 4.92 Å². The minimum absolute atomic E-state index is 0.0173. The third kappa shape index (κ3) is 4.38. The molecule has 1 aromatic rings. The molecule has 116 valence electrons. The molecule has 7 nitrogen and oxygen atoms in total. The van der Waals surface area contributed by atoms with E-state index in [4.69, 9.17) is 10.5 Å². The van der Waals surface area contributed by atoms with Crippen LogP contribution in [0, 0.1) is 10.1 Å². The normalized spacial score (nSPS) is 16.9. The Bertz CT molecular complexity index is 487. The predicted octanol–water partition coefficient (Wildman–Crippen LogP) is 0.680. The van der Waals surface area contributed by atoms with E-state index in [1.165, 1.54) is 6.07 Å². The van der Waals surface area contributed by atoms with Crippen molar-refractivity contribution in [2.75, 3.05) is 46.4 Å². The van der Waals surface area contributed by atoms with Crippen LogP contribution in [0.4, 0.5) is 5.69 Å². The second kappa shape index (κ2) is 7.35. The van der Waals surface area contributed by atoms with Crippen molar-refractivity contribution in [1.29, 1.82) is 0 Å². The van der Waals surface area contributed by atoms with E-state index in [0.29, 0.717) is 12.4 Å². The van der Waals surface area contributed by atoms with E-state index in [0.717, 1.165) is 38.3 Å². The van der Waals surface area contributed by atoms with Crippen LogP contribution in [-0.2, 0) is 6.54 Å². The van der Waals surface area contributed by atoms with Crippen molar-refractivity contribution in [2.24, 2.45) is 5.73 Å². The zero-order chi connectivity index (χ0) is 15.2. The maximum absolute atomic E-state index is 11.1. The molecular formula is C14H22N4O3. The lowest BCUT2D eigenvalue weighted by Crippen LogP contribution is -2.45. The van der Waals surface area contributed by atoms with E-state index in [9.17, 15) is 10.1 Å². The molecule has 0 aliphatic carbocycles. The van der Waals surface area contributed by atoms with Crippen LogP contribution in [0.5, 0.6) is 5.75 Å². The molecule has 1 aliphatic rings. The van der Waals surface area contributed by atoms with Gasteiger partial charge < -0.3 is 15.4 Å². The highest BCUT2D eigenvalue weighted by molar-refractivity contribution is 5.48. The smallest absolute Gasteiger partial charge is 0.311 e. The number of benzene rings is 1. The summed E-state index contributed by atoms with van der Waals surface area (Å²) in [6.45, 7) is 5.62. The summed E-state index contributed by atoms with van der Waals surface area (Å²) < 4.78 is 5.59. The summed E-state index contributed by atoms with van der Waals surface area (Å²) in [7, 11) is 2.11. The molecule has 0 spiro atoms. The summed E-state index contributed by atoms with van der Waals surface area (Å²) in [4.78, 5) is 15.2. The first kappa shape index (κ1) is 15.7. The van der Waals surface area contributed by atoms with E-state index in [1.807, 2.05) is 0 Å². The Balaban J connectivity index is 1.89. The monoisotopic (exact) mass is 294 g/mol. The maximum atomic E-state index is 11.1. The minimum atomic E-state index is -0.426. The average Bonchev–Trinajstić information content (AvgIpc) is 2.49. The van der Waals surface area contributed by atoms with E-state index in [-0.39, 0.29) is 12.2 Å². The fourth-order valence-electron chi connectivity index (χ4n) is 2.31. The van der Waals surface area contributed by atoms with E-state index in [2.05, 4.69) is 16.8 Å². The third-order valence-electron chi connectivity index (χ3n) is 3.72. The Morgan fingerprint density at radius 2 is 2.05 bits per heavy atom. The van der Waals surface area contributed by atoms with E-state index < -0.39 is 4.92 Å². The summed E-state index contributed by atoms with van der Waals surface area (Å²) in [5.74, 6) is 0.311. The Morgan fingerprint density at radius 1 is 1.33 bits per heavy atom. The standard InChI is InChI=1S/C14H22N4O3/c1-16-4-6-17(7-5-16)8-9-21-14-3-2-12(11-15)10-13(14)18(19)20/h2-3,10H,4-9,11,15H2,1H3. The molecule has 0 radical (unpaired) electrons. The van der Waals surface area contributed by atoms with Crippen LogP contribution >= 0.6 is 0 Å². The largest absolute Gasteiger partial charge is 0.485 e. The number of hydrogen-bond acceptors (Lipinski definition) is 6. The number of hydrogen-bond donors (Lipinski definition) is 1. The second-order valence-corrected chi connectivity index (χ2v) is 5.26. The molecule has 0 unspecified atom stereocenters. The van der Waals surface area contributed by atoms with Gasteiger partial charge in [0.25, 0.3) is 0 Å². The highest BCUT2D eigenvalue weighted by Crippen LogP contribution is 2.27. The summed E-state index contributed by atoms with van der Waals surface area (Å²) in [5, 5.41) is 11.1. The highest BCUT2D eigenvalue weighted by Gasteiger charge is 2.17. The number of piperazine rings is 1. The number of ether oxygens (including phenoxy) is 1. The van der Waals surface area contributed by atoms with Gasteiger partial charge in [-0.2, -0.15) is 0 Å². The minimum Gasteiger partial charge on any atom is -0.485 e. The SMILES string of the molecule is CN1CCN(CCOc2ccc(CN)cc2[N+](=O)[O-])CC1. The van der Waals surface area contributed by atoms with Crippen molar-refractivity contribution in [3.63, 3.8) is 0 Å². The lowest BCUT2D eigenvalue weighted by atomic mass is 10.2. The molecule has 0 saturated carbocycles. The number of nitro groups is 1. The molecule has 1 heterocycles. The average molecular weight is 294 g/mol. The topological polar surface area (TPSA) is 84.9 Å². The zero-order valence-electron chi connectivity index (χ0n) is 12.3. The second-order valence-electron chi connectivity index (χ2n) is 5.26. The predicted molar refractivity (Wildman–Crippen MR) is 80.4 cm³/mol. The molecule has 2 rings (SSSR count). The lowest BCUT2D eigenvalue weighted by Gasteiger charge is -2.32. The highest BCUT2D eigenvalue weighted by atomic mass is 16.6. The Morgan fingerprint density at radius 3 is 2.67 bits per heavy atom.